The predicted molar refractivity (Wildman–Crippen MR) is 171 cm³/mol. The number of thiazole rings is 1. The molecule has 3 fully saturated rings. The number of likely N-dealkylation sites (tertiary alicyclic amines) is 1. The third kappa shape index (κ3) is 6.36. The quantitative estimate of drug-likeness (QED) is 0.426. The molecule has 3 saturated heterocycles. The standard InChI is InChI=1S/C29H36Br2N6O4S/c1-17(2)12-21(27(40)37-14-20(13-24(30)31)25-29(37,32)23(38)15-41-25)33-26(39)19-6-4-18(5-7-19)22-16-42-28(34-22)36-10-8-35(3)9-11-36/h4-7,13,16-17,20-21,25H,8-12,14-15,32H2,1-3H3,(H,33,39)/t20-,21+,25-,29-/m1/s1. The minimum Gasteiger partial charge on any atom is -0.365 e. The molecule has 226 valence electrons. The molecule has 2 amide bonds. The number of hydrogen-bond acceptors (Lipinski definition) is 9. The van der Waals surface area contributed by atoms with Gasteiger partial charge in [-0.25, -0.2) is 4.98 Å². The number of nitrogens with two attached hydrogens (primary N) is 1. The fourth-order valence-corrected chi connectivity index (χ4v) is 7.38. The number of nitrogens with zero attached hydrogens (tertiary/aromatic N) is 4. The summed E-state index contributed by atoms with van der Waals surface area (Å²) in [4.78, 5) is 51.0. The normalized spacial score (nSPS) is 25.1. The second-order valence-electron chi connectivity index (χ2n) is 11.6. The molecule has 0 radical (unpaired) electrons. The average Bonchev–Trinajstić information content (AvgIpc) is 3.63. The van der Waals surface area contributed by atoms with E-state index in [1.165, 1.54) is 4.90 Å². The molecule has 0 aliphatic carbocycles. The summed E-state index contributed by atoms with van der Waals surface area (Å²) < 4.78 is 6.42. The van der Waals surface area contributed by atoms with Crippen LogP contribution in [0.15, 0.2) is 39.1 Å². The molecule has 3 aliphatic heterocycles. The second kappa shape index (κ2) is 12.8. The number of carbonyl (C=O) groups is 3. The summed E-state index contributed by atoms with van der Waals surface area (Å²) in [7, 11) is 2.13. The first-order valence-corrected chi connectivity index (χ1v) is 16.5. The van der Waals surface area contributed by atoms with Crippen molar-refractivity contribution in [2.75, 3.05) is 51.3 Å². The number of hydrogen-bond donors (Lipinski definition) is 2. The van der Waals surface area contributed by atoms with Gasteiger partial charge in [0.25, 0.3) is 5.91 Å². The molecule has 0 spiro atoms. The zero-order valence-electron chi connectivity index (χ0n) is 23.9. The number of halogens is 2. The lowest BCUT2D eigenvalue weighted by atomic mass is 9.95. The predicted octanol–water partition coefficient (Wildman–Crippen LogP) is 3.42. The van der Waals surface area contributed by atoms with Gasteiger partial charge in [-0.3, -0.25) is 20.1 Å². The first kappa shape index (κ1) is 31.3. The molecule has 0 bridgehead atoms. The van der Waals surface area contributed by atoms with E-state index >= 15 is 0 Å². The van der Waals surface area contributed by atoms with Crippen molar-refractivity contribution in [2.24, 2.45) is 17.6 Å². The molecule has 5 rings (SSSR count). The molecule has 10 nitrogen and oxygen atoms in total. The van der Waals surface area contributed by atoms with Gasteiger partial charge in [0.05, 0.1) is 9.09 Å². The number of ketones is 1. The van der Waals surface area contributed by atoms with Gasteiger partial charge >= 0.3 is 0 Å². The van der Waals surface area contributed by atoms with Gasteiger partial charge < -0.3 is 24.8 Å². The molecular formula is C29H36Br2N6O4S. The van der Waals surface area contributed by atoms with E-state index in [4.69, 9.17) is 15.5 Å². The van der Waals surface area contributed by atoms with Gasteiger partial charge in [0.2, 0.25) is 11.7 Å². The van der Waals surface area contributed by atoms with E-state index in [1.54, 1.807) is 23.5 Å². The van der Waals surface area contributed by atoms with Crippen molar-refractivity contribution in [1.29, 1.82) is 0 Å². The number of Topliss-reactive ketones (excluding diaryl/α,β-unsaturated/α-hetero) is 1. The Morgan fingerprint density at radius 3 is 2.55 bits per heavy atom. The Balaban J connectivity index is 1.30. The lowest BCUT2D eigenvalue weighted by molar-refractivity contribution is -0.143. The zero-order chi connectivity index (χ0) is 30.2. The van der Waals surface area contributed by atoms with Crippen LogP contribution in [0, 0.1) is 11.8 Å². The number of likely N-dealkylation sites (N-methyl/N-ethyl adjacent to an activating group) is 1. The summed E-state index contributed by atoms with van der Waals surface area (Å²) in [5, 5.41) is 5.97. The highest BCUT2D eigenvalue weighted by molar-refractivity contribution is 9.28. The number of nitrogens with one attached hydrogen (secondary N) is 1. The molecule has 42 heavy (non-hydrogen) atoms. The Morgan fingerprint density at radius 2 is 1.90 bits per heavy atom. The van der Waals surface area contributed by atoms with E-state index in [1.807, 2.05) is 37.4 Å². The van der Waals surface area contributed by atoms with Crippen molar-refractivity contribution in [3.8, 4) is 11.3 Å². The summed E-state index contributed by atoms with van der Waals surface area (Å²) in [5.41, 5.74) is 7.25. The van der Waals surface area contributed by atoms with Crippen LogP contribution in [0.1, 0.15) is 30.6 Å². The summed E-state index contributed by atoms with van der Waals surface area (Å²) in [5.74, 6) is -1.28. The maximum atomic E-state index is 13.9. The van der Waals surface area contributed by atoms with Crippen LogP contribution in [0.25, 0.3) is 11.3 Å². The largest absolute Gasteiger partial charge is 0.365 e. The lowest BCUT2D eigenvalue weighted by Crippen LogP contribution is -2.65. The Hall–Kier alpha value is -2.16. The van der Waals surface area contributed by atoms with Gasteiger partial charge in [0.1, 0.15) is 18.8 Å². The number of fused-ring (bicyclic) bond motifs is 1. The van der Waals surface area contributed by atoms with Crippen molar-refractivity contribution in [1.82, 2.24) is 20.1 Å². The van der Waals surface area contributed by atoms with Gasteiger partial charge in [-0.2, -0.15) is 0 Å². The van der Waals surface area contributed by atoms with Gasteiger partial charge in [-0.1, -0.05) is 32.1 Å². The van der Waals surface area contributed by atoms with Crippen LogP contribution in [-0.2, 0) is 14.3 Å². The molecule has 0 unspecified atom stereocenters. The van der Waals surface area contributed by atoms with E-state index in [9.17, 15) is 14.4 Å². The van der Waals surface area contributed by atoms with Crippen molar-refractivity contribution >= 4 is 65.9 Å². The average molecular weight is 725 g/mol. The fraction of sp³-hybridized carbons (Fsp3) is 0.517. The van der Waals surface area contributed by atoms with Crippen molar-refractivity contribution < 1.29 is 19.1 Å². The monoisotopic (exact) mass is 722 g/mol. The van der Waals surface area contributed by atoms with Crippen LogP contribution in [0.3, 0.4) is 0 Å². The van der Waals surface area contributed by atoms with Crippen LogP contribution < -0.4 is 16.0 Å². The molecule has 0 saturated carbocycles. The highest BCUT2D eigenvalue weighted by Crippen LogP contribution is 2.40. The number of amides is 2. The summed E-state index contributed by atoms with van der Waals surface area (Å²) in [6.07, 6.45) is 1.57. The molecule has 3 N–H and O–H groups in total. The third-order valence-corrected chi connectivity index (χ3v) is 9.56. The maximum Gasteiger partial charge on any atom is 0.251 e. The number of aromatic nitrogens is 1. The molecule has 2 aromatic rings. The number of rotatable bonds is 8. The van der Waals surface area contributed by atoms with Crippen molar-refractivity contribution in [2.45, 2.75) is 38.1 Å². The Bertz CT molecular complexity index is 1360. The summed E-state index contributed by atoms with van der Waals surface area (Å²) in [6, 6.07) is 6.39. The molecule has 1 aromatic carbocycles. The first-order valence-electron chi connectivity index (χ1n) is 14.1. The van der Waals surface area contributed by atoms with Crippen LogP contribution in [0.5, 0.6) is 0 Å². The van der Waals surface area contributed by atoms with Gasteiger partial charge in [-0.05, 0) is 63.4 Å². The topological polar surface area (TPSA) is 121 Å². The van der Waals surface area contributed by atoms with Crippen LogP contribution >= 0.6 is 43.2 Å². The summed E-state index contributed by atoms with van der Waals surface area (Å²) in [6.45, 7) is 7.94. The minimum absolute atomic E-state index is 0.107. The van der Waals surface area contributed by atoms with Gasteiger partial charge in [-0.15, -0.1) is 11.3 Å². The van der Waals surface area contributed by atoms with E-state index in [0.717, 1.165) is 42.6 Å². The highest BCUT2D eigenvalue weighted by atomic mass is 79.9. The molecule has 4 atom stereocenters. The maximum absolute atomic E-state index is 13.9. The third-order valence-electron chi connectivity index (χ3n) is 8.13. The van der Waals surface area contributed by atoms with Gasteiger partial charge in [0, 0.05) is 55.1 Å². The van der Waals surface area contributed by atoms with Crippen LogP contribution in [0.2, 0.25) is 0 Å². The highest BCUT2D eigenvalue weighted by Gasteiger charge is 2.62. The van der Waals surface area contributed by atoms with E-state index < -0.39 is 17.8 Å². The number of anilines is 1. The van der Waals surface area contributed by atoms with Gasteiger partial charge in [0.15, 0.2) is 10.8 Å². The van der Waals surface area contributed by atoms with Crippen LogP contribution in [0.4, 0.5) is 5.13 Å². The van der Waals surface area contributed by atoms with Crippen molar-refractivity contribution in [3.05, 3.63) is 44.7 Å². The second-order valence-corrected chi connectivity index (χ2v) is 15.2. The molecule has 4 heterocycles. The summed E-state index contributed by atoms with van der Waals surface area (Å²) >= 11 is 8.35. The van der Waals surface area contributed by atoms with Crippen LogP contribution in [-0.4, -0.2) is 96.6 Å². The zero-order valence-corrected chi connectivity index (χ0v) is 27.9. The Labute approximate surface area is 266 Å². The van der Waals surface area contributed by atoms with E-state index in [0.29, 0.717) is 15.4 Å². The van der Waals surface area contributed by atoms with E-state index in [2.05, 4.69) is 54.0 Å². The number of benzene rings is 1. The fourth-order valence-electron chi connectivity index (χ4n) is 5.81. The molecule has 3 aliphatic rings. The smallest absolute Gasteiger partial charge is 0.251 e. The molecule has 13 heteroatoms. The van der Waals surface area contributed by atoms with Crippen molar-refractivity contribution in [3.63, 3.8) is 0 Å². The number of piperazine rings is 1. The minimum atomic E-state index is -1.58. The first-order chi connectivity index (χ1) is 20.0. The SMILES string of the molecule is CC(C)C[C@H](NC(=O)c1ccc(-c2csc(N3CCN(C)CC3)n2)cc1)C(=O)N1C[C@@H](C=C(Br)Br)[C@H]2OCC(=O)[C@]21N. The Kier molecular flexibility index (Phi) is 9.55. The van der Waals surface area contributed by atoms with E-state index in [-0.39, 0.29) is 42.6 Å². The lowest BCUT2D eigenvalue weighted by Gasteiger charge is -2.35. The Morgan fingerprint density at radius 1 is 1.21 bits per heavy atom. The molecular weight excluding hydrogens is 688 g/mol. The molecule has 1 aromatic heterocycles. The number of carbonyl (C=O) groups excluding carboxylic acids is 3. The number of ether oxygens (including phenoxy) is 1.